The van der Waals surface area contributed by atoms with E-state index >= 15 is 0 Å². The van der Waals surface area contributed by atoms with E-state index in [-0.39, 0.29) is 44.0 Å². The number of hydrogen-bond donors (Lipinski definition) is 0. The molecule has 0 aromatic carbocycles. The zero-order chi connectivity index (χ0) is 52.9. The van der Waals surface area contributed by atoms with Crippen molar-refractivity contribution in [1.82, 2.24) is 0 Å². The lowest BCUT2D eigenvalue weighted by atomic mass is 10.1. The van der Waals surface area contributed by atoms with Crippen molar-refractivity contribution in [3.63, 3.8) is 0 Å². The molecule has 0 spiro atoms. The molecule has 0 aliphatic heterocycles. The average Bonchev–Trinajstić information content (AvgIpc) is 3.39. The Morgan fingerprint density at radius 1 is 0.288 bits per heavy atom. The molecule has 410 valence electrons. The van der Waals surface area contributed by atoms with Gasteiger partial charge in [-0.1, -0.05) is 231 Å². The van der Waals surface area contributed by atoms with E-state index in [0.29, 0.717) is 19.3 Å². The van der Waals surface area contributed by atoms with Gasteiger partial charge in [-0.15, -0.1) is 0 Å². The maximum Gasteiger partial charge on any atom is 0.306 e. The largest absolute Gasteiger partial charge is 0.462 e. The third-order valence-electron chi connectivity index (χ3n) is 11.8. The minimum atomic E-state index is -0.836. The highest BCUT2D eigenvalue weighted by Gasteiger charge is 2.19. The highest BCUT2D eigenvalue weighted by Crippen LogP contribution is 2.13. The van der Waals surface area contributed by atoms with Crippen LogP contribution in [0.25, 0.3) is 0 Å². The van der Waals surface area contributed by atoms with Crippen LogP contribution < -0.4 is 0 Å². The number of carbonyl (C=O) groups is 3. The van der Waals surface area contributed by atoms with Gasteiger partial charge in [0.15, 0.2) is 6.10 Å². The van der Waals surface area contributed by atoms with E-state index < -0.39 is 6.10 Å². The van der Waals surface area contributed by atoms with Crippen molar-refractivity contribution in [2.75, 3.05) is 13.2 Å². The zero-order valence-corrected chi connectivity index (χ0v) is 46.8. The fourth-order valence-electron chi connectivity index (χ4n) is 7.42. The molecule has 6 nitrogen and oxygen atoms in total. The summed E-state index contributed by atoms with van der Waals surface area (Å²) >= 11 is 0. The molecule has 6 heteroatoms. The second-order valence-corrected chi connectivity index (χ2v) is 18.8. The van der Waals surface area contributed by atoms with Crippen molar-refractivity contribution in [1.29, 1.82) is 0 Å². The van der Waals surface area contributed by atoms with E-state index in [1.165, 1.54) is 77.0 Å². The molecule has 0 aromatic heterocycles. The Balaban J connectivity index is 4.60. The molecule has 0 bridgehead atoms. The predicted molar refractivity (Wildman–Crippen MR) is 315 cm³/mol. The monoisotopic (exact) mass is 1010 g/mol. The number of esters is 3. The number of unbranched alkanes of at least 4 members (excludes halogenated alkanes) is 16. The van der Waals surface area contributed by atoms with Gasteiger partial charge in [-0.25, -0.2) is 0 Å². The van der Waals surface area contributed by atoms with Crippen molar-refractivity contribution in [2.24, 2.45) is 0 Å². The first-order chi connectivity index (χ1) is 36.0. The molecule has 0 radical (unpaired) electrons. The van der Waals surface area contributed by atoms with Crippen LogP contribution in [0.15, 0.2) is 146 Å². The molecule has 0 rings (SSSR count). The van der Waals surface area contributed by atoms with E-state index in [2.05, 4.69) is 154 Å². The average molecular weight is 1010 g/mol. The van der Waals surface area contributed by atoms with Crippen molar-refractivity contribution in [3.05, 3.63) is 146 Å². The van der Waals surface area contributed by atoms with Gasteiger partial charge in [0.25, 0.3) is 0 Å². The Hall–Kier alpha value is -4.71. The van der Waals surface area contributed by atoms with Crippen LogP contribution in [0.3, 0.4) is 0 Å². The van der Waals surface area contributed by atoms with Crippen molar-refractivity contribution in [2.45, 2.75) is 245 Å². The van der Waals surface area contributed by atoms with Gasteiger partial charge in [0.05, 0.1) is 0 Å². The maximum absolute atomic E-state index is 12.9. The van der Waals surface area contributed by atoms with Crippen LogP contribution in [0.1, 0.15) is 239 Å². The van der Waals surface area contributed by atoms with Gasteiger partial charge >= 0.3 is 17.9 Å². The summed E-state index contributed by atoms with van der Waals surface area (Å²) in [4.78, 5) is 38.2. The predicted octanol–water partition coefficient (Wildman–Crippen LogP) is 20.0. The SMILES string of the molecule is CC/C=C/C/C=C/C/C=C/C/C=C/C/C=C/C/C=C/CCC(=O)OC[C@@H](COC(=O)CCCCCCCCC/C=C/C/C=C/CCCCC)OC(=O)CCCCC/C=C/C/C=C/C/C=C/C/C=C/CCCCC. The van der Waals surface area contributed by atoms with Crippen LogP contribution in [-0.4, -0.2) is 37.2 Å². The van der Waals surface area contributed by atoms with Crippen molar-refractivity contribution >= 4 is 17.9 Å². The fraction of sp³-hybridized carbons (Fsp3) is 0.597. The lowest BCUT2D eigenvalue weighted by Crippen LogP contribution is -2.30. The van der Waals surface area contributed by atoms with Gasteiger partial charge in [0, 0.05) is 19.3 Å². The van der Waals surface area contributed by atoms with Crippen LogP contribution in [0.4, 0.5) is 0 Å². The molecule has 0 aliphatic rings. The molecule has 0 unspecified atom stereocenters. The molecule has 73 heavy (non-hydrogen) atoms. The first-order valence-electron chi connectivity index (χ1n) is 29.3. The van der Waals surface area contributed by atoms with E-state index in [4.69, 9.17) is 14.2 Å². The van der Waals surface area contributed by atoms with Crippen LogP contribution in [0, 0.1) is 0 Å². The second kappa shape index (κ2) is 59.8. The summed E-state index contributed by atoms with van der Waals surface area (Å²) in [7, 11) is 0. The van der Waals surface area contributed by atoms with Gasteiger partial charge in [0.1, 0.15) is 13.2 Å². The Morgan fingerprint density at radius 3 is 0.932 bits per heavy atom. The summed E-state index contributed by atoms with van der Waals surface area (Å²) in [5.74, 6) is -1.06. The van der Waals surface area contributed by atoms with E-state index in [9.17, 15) is 14.4 Å². The van der Waals surface area contributed by atoms with Gasteiger partial charge in [0.2, 0.25) is 0 Å². The highest BCUT2D eigenvalue weighted by atomic mass is 16.6. The van der Waals surface area contributed by atoms with Gasteiger partial charge in [-0.05, 0) is 135 Å². The Kier molecular flexibility index (Phi) is 56.0. The highest BCUT2D eigenvalue weighted by molar-refractivity contribution is 5.71. The van der Waals surface area contributed by atoms with Gasteiger partial charge < -0.3 is 14.2 Å². The zero-order valence-electron chi connectivity index (χ0n) is 46.8. The molecule has 0 heterocycles. The lowest BCUT2D eigenvalue weighted by molar-refractivity contribution is -0.166. The van der Waals surface area contributed by atoms with Crippen molar-refractivity contribution in [3.8, 4) is 0 Å². The van der Waals surface area contributed by atoms with E-state index in [1.54, 1.807) is 0 Å². The number of carbonyl (C=O) groups excluding carboxylic acids is 3. The quantitative estimate of drug-likeness (QED) is 0.0261. The summed E-state index contributed by atoms with van der Waals surface area (Å²) in [5, 5.41) is 0. The summed E-state index contributed by atoms with van der Waals surface area (Å²) in [5.41, 5.74) is 0. The summed E-state index contributed by atoms with van der Waals surface area (Å²) in [6, 6.07) is 0. The third-order valence-corrected chi connectivity index (χ3v) is 11.8. The smallest absolute Gasteiger partial charge is 0.306 e. The molecule has 0 fully saturated rings. The molecule has 0 N–H and O–H groups in total. The Labute approximate surface area is 448 Å². The van der Waals surface area contributed by atoms with Crippen molar-refractivity contribution < 1.29 is 28.6 Å². The normalized spacial score (nSPS) is 13.2. The summed E-state index contributed by atoms with van der Waals surface area (Å²) in [6.45, 7) is 6.36. The van der Waals surface area contributed by atoms with Crippen LogP contribution >= 0.6 is 0 Å². The maximum atomic E-state index is 12.9. The molecular weight excluding hydrogens is 901 g/mol. The van der Waals surface area contributed by atoms with Gasteiger partial charge in [-0.3, -0.25) is 14.4 Å². The Bertz CT molecular complexity index is 1630. The first-order valence-corrected chi connectivity index (χ1v) is 29.3. The number of ether oxygens (including phenoxy) is 3. The minimum absolute atomic E-state index is 0.124. The molecule has 0 saturated carbocycles. The van der Waals surface area contributed by atoms with E-state index in [0.717, 1.165) is 109 Å². The van der Waals surface area contributed by atoms with Crippen LogP contribution in [0.2, 0.25) is 0 Å². The molecule has 0 aliphatic carbocycles. The van der Waals surface area contributed by atoms with Crippen LogP contribution in [-0.2, 0) is 28.6 Å². The lowest BCUT2D eigenvalue weighted by Gasteiger charge is -2.18. The molecule has 0 saturated heterocycles. The second-order valence-electron chi connectivity index (χ2n) is 18.8. The number of rotatable bonds is 51. The Morgan fingerprint density at radius 2 is 0.562 bits per heavy atom. The molecule has 1 atom stereocenters. The van der Waals surface area contributed by atoms with Crippen LogP contribution in [0.5, 0.6) is 0 Å². The number of allylic oxidation sites excluding steroid dienone is 24. The summed E-state index contributed by atoms with van der Waals surface area (Å²) < 4.78 is 16.8. The molecule has 0 aromatic rings. The summed E-state index contributed by atoms with van der Waals surface area (Å²) in [6.07, 6.45) is 85.6. The fourth-order valence-corrected chi connectivity index (χ4v) is 7.42. The van der Waals surface area contributed by atoms with E-state index in [1.807, 2.05) is 12.2 Å². The number of hydrogen-bond acceptors (Lipinski definition) is 6. The third kappa shape index (κ3) is 58.1. The standard InChI is InChI=1S/C67H106O6/c1-4-7-10-13-16-19-22-25-28-31-33-36-39-42-45-48-51-54-57-60-66(69)72-63-64(62-71-65(68)59-56-53-50-47-44-41-38-35-30-27-24-21-18-15-12-9-6-3)73-67(70)61-58-55-52-49-46-43-40-37-34-32-29-26-23-20-17-14-11-8-5-2/h7,10,16-21,25-30,33-34,36-37,42-43,45-46,51,54,64H,4-6,8-9,11-15,22-24,31-32,35,38-41,44,47-50,52-53,55-63H2,1-3H3/b10-7+,19-16+,20-17+,21-18+,28-25+,29-26+,30-27+,36-33+,37-34+,45-42+,46-43+,54-51+/t64-/m1/s1. The molecule has 0 amide bonds. The van der Waals surface area contributed by atoms with Gasteiger partial charge in [-0.2, -0.15) is 0 Å². The first kappa shape index (κ1) is 68.3. The minimum Gasteiger partial charge on any atom is -0.462 e. The topological polar surface area (TPSA) is 78.9 Å². The molecular formula is C67H106O6.